The predicted molar refractivity (Wildman–Crippen MR) is 64.8 cm³/mol. The smallest absolute Gasteiger partial charge is 0.307 e. The molecule has 0 bridgehead atoms. The fourth-order valence-corrected chi connectivity index (χ4v) is 1.47. The second-order valence-corrected chi connectivity index (χ2v) is 3.73. The summed E-state index contributed by atoms with van der Waals surface area (Å²) in [5, 5.41) is 2.84. The summed E-state index contributed by atoms with van der Waals surface area (Å²) < 4.78 is 4.44. The normalized spacial score (nSPS) is 9.76. The van der Waals surface area contributed by atoms with Crippen LogP contribution in [0.5, 0.6) is 0 Å². The predicted octanol–water partition coefficient (Wildman–Crippen LogP) is 1.22. The molecular formula is C11H13ClN2O3. The average Bonchev–Trinajstić information content (AvgIpc) is 2.28. The number of carbonyl (C=O) groups is 2. The number of amides is 1. The fourth-order valence-electron chi connectivity index (χ4n) is 1.19. The third kappa shape index (κ3) is 3.96. The molecule has 1 aromatic rings. The molecule has 0 atom stereocenters. The highest BCUT2D eigenvalue weighted by atomic mass is 35.5. The Hall–Kier alpha value is -1.75. The number of halogens is 1. The lowest BCUT2D eigenvalue weighted by molar-refractivity contribution is -0.140. The number of methoxy groups -OCH3 is 1. The van der Waals surface area contributed by atoms with E-state index in [9.17, 15) is 9.59 Å². The van der Waals surface area contributed by atoms with Crippen molar-refractivity contribution in [2.75, 3.05) is 19.4 Å². The Morgan fingerprint density at radius 3 is 2.76 bits per heavy atom. The lowest BCUT2D eigenvalue weighted by atomic mass is 10.2. The lowest BCUT2D eigenvalue weighted by Crippen LogP contribution is -2.26. The Morgan fingerprint density at radius 1 is 1.47 bits per heavy atom. The van der Waals surface area contributed by atoms with Crippen LogP contribution in [-0.2, 0) is 9.53 Å². The fraction of sp³-hybridized carbons (Fsp3) is 0.273. The van der Waals surface area contributed by atoms with Gasteiger partial charge < -0.3 is 15.8 Å². The van der Waals surface area contributed by atoms with Crippen molar-refractivity contribution in [2.45, 2.75) is 6.42 Å². The summed E-state index contributed by atoms with van der Waals surface area (Å²) in [7, 11) is 1.29. The van der Waals surface area contributed by atoms with Crippen molar-refractivity contribution in [1.29, 1.82) is 0 Å². The summed E-state index contributed by atoms with van der Waals surface area (Å²) in [6.45, 7) is 0.201. The second kappa shape index (κ2) is 6.10. The van der Waals surface area contributed by atoms with E-state index in [1.165, 1.54) is 19.2 Å². The third-order valence-electron chi connectivity index (χ3n) is 2.08. The van der Waals surface area contributed by atoms with Crippen molar-refractivity contribution in [1.82, 2.24) is 5.32 Å². The van der Waals surface area contributed by atoms with Crippen LogP contribution in [0, 0.1) is 0 Å². The maximum absolute atomic E-state index is 11.7. The largest absolute Gasteiger partial charge is 0.469 e. The Kier molecular flexibility index (Phi) is 4.78. The molecule has 0 radical (unpaired) electrons. The molecule has 5 nitrogen and oxygen atoms in total. The number of nitrogen functional groups attached to an aromatic ring is 1. The van der Waals surface area contributed by atoms with E-state index in [1.807, 2.05) is 0 Å². The molecule has 1 amide bonds. The van der Waals surface area contributed by atoms with Crippen LogP contribution >= 0.6 is 11.6 Å². The quantitative estimate of drug-likeness (QED) is 0.627. The minimum atomic E-state index is -0.381. The van der Waals surface area contributed by atoms with Gasteiger partial charge in [-0.15, -0.1) is 0 Å². The average molecular weight is 257 g/mol. The Morgan fingerprint density at radius 2 is 2.18 bits per heavy atom. The summed E-state index contributed by atoms with van der Waals surface area (Å²) in [6.07, 6.45) is 0.120. The van der Waals surface area contributed by atoms with E-state index < -0.39 is 0 Å². The number of carbonyl (C=O) groups excluding carboxylic acids is 2. The van der Waals surface area contributed by atoms with Crippen molar-refractivity contribution >= 4 is 29.2 Å². The van der Waals surface area contributed by atoms with E-state index in [0.29, 0.717) is 11.3 Å². The zero-order chi connectivity index (χ0) is 12.8. The van der Waals surface area contributed by atoms with Gasteiger partial charge in [-0.25, -0.2) is 0 Å². The molecule has 6 heteroatoms. The van der Waals surface area contributed by atoms with Gasteiger partial charge in [0.1, 0.15) is 0 Å². The van der Waals surface area contributed by atoms with Gasteiger partial charge in [0, 0.05) is 12.2 Å². The monoisotopic (exact) mass is 256 g/mol. The third-order valence-corrected chi connectivity index (χ3v) is 2.39. The Balaban J connectivity index is 2.55. The van der Waals surface area contributed by atoms with Crippen LogP contribution in [0.1, 0.15) is 16.8 Å². The molecule has 3 N–H and O–H groups in total. The first kappa shape index (κ1) is 13.3. The maximum Gasteiger partial charge on any atom is 0.307 e. The molecule has 0 unspecified atom stereocenters. The van der Waals surface area contributed by atoms with E-state index in [4.69, 9.17) is 17.3 Å². The minimum Gasteiger partial charge on any atom is -0.469 e. The first-order chi connectivity index (χ1) is 8.04. The highest BCUT2D eigenvalue weighted by molar-refractivity contribution is 6.34. The molecule has 0 saturated carbocycles. The SMILES string of the molecule is COC(=O)CCNC(=O)c1ccc(N)cc1Cl. The lowest BCUT2D eigenvalue weighted by Gasteiger charge is -2.06. The minimum absolute atomic E-state index is 0.120. The molecule has 0 aliphatic carbocycles. The molecular weight excluding hydrogens is 244 g/mol. The van der Waals surface area contributed by atoms with Gasteiger partial charge in [0.25, 0.3) is 5.91 Å². The molecule has 1 aromatic carbocycles. The van der Waals surface area contributed by atoms with Crippen LogP contribution in [0.2, 0.25) is 5.02 Å². The number of hydrogen-bond acceptors (Lipinski definition) is 4. The van der Waals surface area contributed by atoms with Crippen molar-refractivity contribution in [3.8, 4) is 0 Å². The molecule has 0 saturated heterocycles. The van der Waals surface area contributed by atoms with Gasteiger partial charge >= 0.3 is 5.97 Å². The number of ether oxygens (including phenoxy) is 1. The van der Waals surface area contributed by atoms with Gasteiger partial charge in [0.2, 0.25) is 0 Å². The van der Waals surface area contributed by atoms with Crippen LogP contribution in [-0.4, -0.2) is 25.5 Å². The van der Waals surface area contributed by atoms with Crippen LogP contribution in [0.25, 0.3) is 0 Å². The Bertz CT molecular complexity index is 435. The maximum atomic E-state index is 11.7. The first-order valence-corrected chi connectivity index (χ1v) is 5.32. The zero-order valence-corrected chi connectivity index (χ0v) is 10.1. The van der Waals surface area contributed by atoms with Crippen LogP contribution in [0.3, 0.4) is 0 Å². The second-order valence-electron chi connectivity index (χ2n) is 3.32. The first-order valence-electron chi connectivity index (χ1n) is 4.94. The summed E-state index contributed by atoms with van der Waals surface area (Å²) in [5.74, 6) is -0.729. The molecule has 0 aliphatic heterocycles. The van der Waals surface area contributed by atoms with E-state index in [1.54, 1.807) is 6.07 Å². The van der Waals surface area contributed by atoms with Crippen LogP contribution in [0.15, 0.2) is 18.2 Å². The summed E-state index contributed by atoms with van der Waals surface area (Å²) in [4.78, 5) is 22.5. The van der Waals surface area contributed by atoms with E-state index >= 15 is 0 Å². The topological polar surface area (TPSA) is 81.4 Å². The zero-order valence-electron chi connectivity index (χ0n) is 9.33. The molecule has 92 valence electrons. The highest BCUT2D eigenvalue weighted by Crippen LogP contribution is 2.18. The van der Waals surface area contributed by atoms with Crippen molar-refractivity contribution in [2.24, 2.45) is 0 Å². The molecule has 0 aliphatic rings. The molecule has 1 rings (SSSR count). The van der Waals surface area contributed by atoms with Crippen LogP contribution in [0.4, 0.5) is 5.69 Å². The van der Waals surface area contributed by atoms with Gasteiger partial charge in [-0.3, -0.25) is 9.59 Å². The Labute approximate surface area is 104 Å². The van der Waals surface area contributed by atoms with Gasteiger partial charge in [-0.2, -0.15) is 0 Å². The summed E-state index contributed by atoms with van der Waals surface area (Å²) in [6, 6.07) is 4.61. The van der Waals surface area contributed by atoms with Crippen molar-refractivity contribution in [3.63, 3.8) is 0 Å². The van der Waals surface area contributed by atoms with E-state index in [0.717, 1.165) is 0 Å². The number of anilines is 1. The van der Waals surface area contributed by atoms with Gasteiger partial charge in [0.05, 0.1) is 24.1 Å². The number of benzene rings is 1. The summed E-state index contributed by atoms with van der Waals surface area (Å²) in [5.41, 5.74) is 6.32. The number of rotatable bonds is 4. The number of nitrogens with two attached hydrogens (primary N) is 1. The summed E-state index contributed by atoms with van der Waals surface area (Å²) >= 11 is 5.86. The number of esters is 1. The standard InChI is InChI=1S/C11H13ClN2O3/c1-17-10(15)4-5-14-11(16)8-3-2-7(13)6-9(8)12/h2-3,6H,4-5,13H2,1H3,(H,14,16). The highest BCUT2D eigenvalue weighted by Gasteiger charge is 2.10. The molecule has 0 spiro atoms. The van der Waals surface area contributed by atoms with Gasteiger partial charge in [-0.05, 0) is 18.2 Å². The molecule has 0 fully saturated rings. The van der Waals surface area contributed by atoms with Crippen LogP contribution < -0.4 is 11.1 Å². The van der Waals surface area contributed by atoms with E-state index in [2.05, 4.69) is 10.1 Å². The molecule has 17 heavy (non-hydrogen) atoms. The number of nitrogens with one attached hydrogen (secondary N) is 1. The van der Waals surface area contributed by atoms with Crippen molar-refractivity contribution in [3.05, 3.63) is 28.8 Å². The van der Waals surface area contributed by atoms with Gasteiger partial charge in [0.15, 0.2) is 0 Å². The molecule has 0 heterocycles. The van der Waals surface area contributed by atoms with Gasteiger partial charge in [-0.1, -0.05) is 11.6 Å². The molecule has 0 aromatic heterocycles. The van der Waals surface area contributed by atoms with Crippen molar-refractivity contribution < 1.29 is 14.3 Å². The van der Waals surface area contributed by atoms with E-state index in [-0.39, 0.29) is 29.9 Å². The number of hydrogen-bond donors (Lipinski definition) is 2.